The van der Waals surface area contributed by atoms with Crippen molar-refractivity contribution in [3.05, 3.63) is 65.2 Å². The van der Waals surface area contributed by atoms with Gasteiger partial charge in [-0.1, -0.05) is 19.1 Å². The van der Waals surface area contributed by atoms with Crippen molar-refractivity contribution < 1.29 is 18.3 Å². The average molecular weight is 305 g/mol. The molecule has 22 heavy (non-hydrogen) atoms. The molecule has 2 rings (SSSR count). The highest BCUT2D eigenvalue weighted by atomic mass is 19.1. The highest BCUT2D eigenvalue weighted by Crippen LogP contribution is 2.13. The Hall–Kier alpha value is -2.43. The summed E-state index contributed by atoms with van der Waals surface area (Å²) < 4.78 is 32.0. The number of benzene rings is 2. The predicted octanol–water partition coefficient (Wildman–Crippen LogP) is 3.68. The van der Waals surface area contributed by atoms with Crippen LogP contribution in [-0.4, -0.2) is 12.5 Å². The average Bonchev–Trinajstić information content (AvgIpc) is 2.54. The second-order valence-corrected chi connectivity index (χ2v) is 4.80. The first-order valence-corrected chi connectivity index (χ1v) is 7.05. The molecule has 0 radical (unpaired) electrons. The minimum atomic E-state index is -0.748. The Morgan fingerprint density at radius 3 is 2.55 bits per heavy atom. The Morgan fingerprint density at radius 2 is 1.86 bits per heavy atom. The van der Waals surface area contributed by atoms with Crippen LogP contribution in [0.2, 0.25) is 0 Å². The maximum atomic E-state index is 13.5. The van der Waals surface area contributed by atoms with E-state index in [4.69, 9.17) is 4.74 Å². The van der Waals surface area contributed by atoms with Crippen molar-refractivity contribution in [2.45, 2.75) is 19.9 Å². The van der Waals surface area contributed by atoms with Crippen LogP contribution in [0.3, 0.4) is 0 Å². The topological polar surface area (TPSA) is 38.3 Å². The molecule has 0 bridgehead atoms. The molecule has 2 aromatic carbocycles. The number of rotatable bonds is 6. The van der Waals surface area contributed by atoms with Gasteiger partial charge >= 0.3 is 0 Å². The normalized spacial score (nSPS) is 10.3. The summed E-state index contributed by atoms with van der Waals surface area (Å²) in [6, 6.07) is 10.0. The van der Waals surface area contributed by atoms with Crippen LogP contribution in [0.15, 0.2) is 42.5 Å². The van der Waals surface area contributed by atoms with Crippen LogP contribution in [0.5, 0.6) is 5.75 Å². The fraction of sp³-hybridized carbons (Fsp3) is 0.235. The highest BCUT2D eigenvalue weighted by molar-refractivity contribution is 5.94. The van der Waals surface area contributed by atoms with Crippen molar-refractivity contribution in [1.82, 2.24) is 5.32 Å². The van der Waals surface area contributed by atoms with Gasteiger partial charge in [0.2, 0.25) is 0 Å². The Balaban J connectivity index is 1.94. The molecule has 0 aliphatic heterocycles. The number of hydrogen-bond donors (Lipinski definition) is 1. The molecular formula is C17H17F2NO2. The molecule has 5 heteroatoms. The zero-order valence-corrected chi connectivity index (χ0v) is 12.2. The summed E-state index contributed by atoms with van der Waals surface area (Å²) in [5, 5.41) is 2.56. The molecule has 116 valence electrons. The predicted molar refractivity (Wildman–Crippen MR) is 79.8 cm³/mol. The molecule has 0 aromatic heterocycles. The molecule has 0 atom stereocenters. The van der Waals surface area contributed by atoms with Gasteiger partial charge in [0.05, 0.1) is 12.2 Å². The summed E-state index contributed by atoms with van der Waals surface area (Å²) in [6.07, 6.45) is 0.928. The van der Waals surface area contributed by atoms with E-state index in [1.54, 1.807) is 12.1 Å². The molecule has 0 saturated heterocycles. The number of carbonyl (C=O) groups excluding carboxylic acids is 1. The number of hydrogen-bond acceptors (Lipinski definition) is 2. The summed E-state index contributed by atoms with van der Waals surface area (Å²) in [7, 11) is 0. The standard InChI is InChI=1S/C17H17F2NO2/c1-2-9-22-14-6-3-12(4-7-14)11-20-17(21)15-10-13(18)5-8-16(15)19/h3-8,10H,2,9,11H2,1H3,(H,20,21). The largest absolute Gasteiger partial charge is 0.494 e. The second kappa shape index (κ2) is 7.54. The van der Waals surface area contributed by atoms with Crippen molar-refractivity contribution in [2.24, 2.45) is 0 Å². The van der Waals surface area contributed by atoms with Gasteiger partial charge in [0.25, 0.3) is 5.91 Å². The van der Waals surface area contributed by atoms with E-state index in [1.165, 1.54) is 0 Å². The maximum Gasteiger partial charge on any atom is 0.254 e. The molecular weight excluding hydrogens is 288 g/mol. The molecule has 1 N–H and O–H groups in total. The molecule has 0 aliphatic rings. The van der Waals surface area contributed by atoms with Crippen molar-refractivity contribution in [3.8, 4) is 5.75 Å². The number of nitrogens with one attached hydrogen (secondary N) is 1. The van der Waals surface area contributed by atoms with E-state index < -0.39 is 17.5 Å². The minimum absolute atomic E-state index is 0.225. The van der Waals surface area contributed by atoms with Crippen LogP contribution in [0.1, 0.15) is 29.3 Å². The SMILES string of the molecule is CCCOc1ccc(CNC(=O)c2cc(F)ccc2F)cc1. The highest BCUT2D eigenvalue weighted by Gasteiger charge is 2.12. The Morgan fingerprint density at radius 1 is 1.14 bits per heavy atom. The molecule has 1 amide bonds. The fourth-order valence-corrected chi connectivity index (χ4v) is 1.87. The van der Waals surface area contributed by atoms with Gasteiger partial charge < -0.3 is 10.1 Å². The van der Waals surface area contributed by atoms with Gasteiger partial charge in [-0.15, -0.1) is 0 Å². The smallest absolute Gasteiger partial charge is 0.254 e. The quantitative estimate of drug-likeness (QED) is 0.884. The zero-order valence-electron chi connectivity index (χ0n) is 12.2. The number of halogens is 2. The molecule has 0 fully saturated rings. The second-order valence-electron chi connectivity index (χ2n) is 4.80. The molecule has 0 heterocycles. The third-order valence-corrected chi connectivity index (χ3v) is 3.02. The first kappa shape index (κ1) is 15.9. The summed E-state index contributed by atoms with van der Waals surface area (Å²) in [5.41, 5.74) is 0.539. The lowest BCUT2D eigenvalue weighted by atomic mass is 10.1. The molecule has 0 unspecified atom stereocenters. The number of amides is 1. The van der Waals surface area contributed by atoms with Crippen molar-refractivity contribution in [3.63, 3.8) is 0 Å². The lowest BCUT2D eigenvalue weighted by Gasteiger charge is -2.08. The van der Waals surface area contributed by atoms with Crippen molar-refractivity contribution in [2.75, 3.05) is 6.61 Å². The van der Waals surface area contributed by atoms with Gasteiger partial charge in [-0.25, -0.2) is 8.78 Å². The number of ether oxygens (including phenoxy) is 1. The number of carbonyl (C=O) groups is 1. The first-order valence-electron chi connectivity index (χ1n) is 7.05. The maximum absolute atomic E-state index is 13.5. The van der Waals surface area contributed by atoms with Gasteiger partial charge in [-0.3, -0.25) is 4.79 Å². The minimum Gasteiger partial charge on any atom is -0.494 e. The summed E-state index contributed by atoms with van der Waals surface area (Å²) in [5.74, 6) is -1.29. The molecule has 2 aromatic rings. The van der Waals surface area contributed by atoms with Crippen LogP contribution >= 0.6 is 0 Å². The van der Waals surface area contributed by atoms with Crippen LogP contribution in [0.25, 0.3) is 0 Å². The third-order valence-electron chi connectivity index (χ3n) is 3.02. The van der Waals surface area contributed by atoms with Gasteiger partial charge in [-0.2, -0.15) is 0 Å². The molecule has 3 nitrogen and oxygen atoms in total. The van der Waals surface area contributed by atoms with E-state index in [0.29, 0.717) is 6.61 Å². The zero-order chi connectivity index (χ0) is 15.9. The summed E-state index contributed by atoms with van der Waals surface area (Å²) >= 11 is 0. The Bertz CT molecular complexity index is 642. The van der Waals surface area contributed by atoms with E-state index in [9.17, 15) is 13.6 Å². The van der Waals surface area contributed by atoms with E-state index in [2.05, 4.69) is 5.32 Å². The Labute approximate surface area is 127 Å². The lowest BCUT2D eigenvalue weighted by molar-refractivity contribution is 0.0946. The van der Waals surface area contributed by atoms with Gasteiger partial charge in [0, 0.05) is 6.54 Å². The van der Waals surface area contributed by atoms with Crippen molar-refractivity contribution in [1.29, 1.82) is 0 Å². The summed E-state index contributed by atoms with van der Waals surface area (Å²) in [4.78, 5) is 11.9. The van der Waals surface area contributed by atoms with Crippen LogP contribution in [0, 0.1) is 11.6 Å². The lowest BCUT2D eigenvalue weighted by Crippen LogP contribution is -2.24. The van der Waals surface area contributed by atoms with Crippen molar-refractivity contribution >= 4 is 5.91 Å². The van der Waals surface area contributed by atoms with E-state index in [-0.39, 0.29) is 12.1 Å². The fourth-order valence-electron chi connectivity index (χ4n) is 1.87. The van der Waals surface area contributed by atoms with Crippen LogP contribution in [-0.2, 0) is 6.54 Å². The third kappa shape index (κ3) is 4.28. The molecule has 0 saturated carbocycles. The first-order chi connectivity index (χ1) is 10.6. The van der Waals surface area contributed by atoms with Gasteiger partial charge in [-0.05, 0) is 42.3 Å². The monoisotopic (exact) mass is 305 g/mol. The van der Waals surface area contributed by atoms with E-state index in [0.717, 1.165) is 35.9 Å². The van der Waals surface area contributed by atoms with Crippen LogP contribution < -0.4 is 10.1 Å². The van der Waals surface area contributed by atoms with E-state index >= 15 is 0 Å². The van der Waals surface area contributed by atoms with Crippen LogP contribution in [0.4, 0.5) is 8.78 Å². The molecule has 0 spiro atoms. The van der Waals surface area contributed by atoms with Gasteiger partial charge in [0.15, 0.2) is 0 Å². The molecule has 0 aliphatic carbocycles. The van der Waals surface area contributed by atoms with Gasteiger partial charge in [0.1, 0.15) is 17.4 Å². The van der Waals surface area contributed by atoms with E-state index in [1.807, 2.05) is 19.1 Å². The summed E-state index contributed by atoms with van der Waals surface area (Å²) in [6.45, 7) is 2.90. The Kier molecular flexibility index (Phi) is 5.47.